The van der Waals surface area contributed by atoms with Gasteiger partial charge >= 0.3 is 0 Å². The molecule has 0 spiro atoms. The molecule has 218 valence electrons. The van der Waals surface area contributed by atoms with Crippen molar-refractivity contribution >= 4 is 11.3 Å². The zero-order chi connectivity index (χ0) is 28.5. The van der Waals surface area contributed by atoms with Gasteiger partial charge in [-0.05, 0) is 74.8 Å². The van der Waals surface area contributed by atoms with Gasteiger partial charge in [-0.2, -0.15) is 0 Å². The number of ether oxygens (including phenoxy) is 3. The molecule has 3 aromatic rings. The Labute approximate surface area is 246 Å². The molecule has 1 aliphatic rings. The zero-order valence-electron chi connectivity index (χ0n) is 25.4. The third-order valence-corrected chi connectivity index (χ3v) is 9.50. The molecule has 40 heavy (non-hydrogen) atoms. The molecular formula is C34H48N2O3S. The standard InChI is InChI=1S/C34H48N2O3S/c1-26-7-9-27(10-8-26)11-13-29-14-15-30(40-29)17-18-34(2,3)19-20-35-21-23-36(24-22-35)25-28-12-16-31(37-4)33(39-6)32(28)38-5/h7-10,12,14-16H,11,13,17-25H2,1-6H3. The van der Waals surface area contributed by atoms with Crippen molar-refractivity contribution in [3.63, 3.8) is 0 Å². The lowest BCUT2D eigenvalue weighted by Crippen LogP contribution is -2.46. The first kappa shape index (κ1) is 30.4. The molecule has 0 amide bonds. The van der Waals surface area contributed by atoms with E-state index in [1.54, 1.807) is 21.3 Å². The van der Waals surface area contributed by atoms with E-state index < -0.39 is 0 Å². The van der Waals surface area contributed by atoms with E-state index in [-0.39, 0.29) is 0 Å². The largest absolute Gasteiger partial charge is 0.493 e. The van der Waals surface area contributed by atoms with E-state index in [1.165, 1.54) is 46.7 Å². The molecule has 2 aromatic carbocycles. The number of thiophene rings is 1. The molecular weight excluding hydrogens is 516 g/mol. The van der Waals surface area contributed by atoms with Gasteiger partial charge < -0.3 is 19.1 Å². The van der Waals surface area contributed by atoms with E-state index in [0.29, 0.717) is 16.9 Å². The summed E-state index contributed by atoms with van der Waals surface area (Å²) < 4.78 is 16.7. The van der Waals surface area contributed by atoms with Crippen LogP contribution in [0.2, 0.25) is 0 Å². The molecule has 5 nitrogen and oxygen atoms in total. The van der Waals surface area contributed by atoms with Crippen LogP contribution in [-0.2, 0) is 25.8 Å². The fraction of sp³-hybridized carbons (Fsp3) is 0.529. The van der Waals surface area contributed by atoms with E-state index >= 15 is 0 Å². The van der Waals surface area contributed by atoms with E-state index in [0.717, 1.165) is 56.9 Å². The quantitative estimate of drug-likeness (QED) is 0.210. The number of rotatable bonds is 14. The fourth-order valence-electron chi connectivity index (χ4n) is 5.46. The van der Waals surface area contributed by atoms with E-state index in [2.05, 4.69) is 73.0 Å². The Morgan fingerprint density at radius 3 is 2.00 bits per heavy atom. The summed E-state index contributed by atoms with van der Waals surface area (Å²) in [5, 5.41) is 0. The first-order valence-corrected chi connectivity index (χ1v) is 15.5. The van der Waals surface area contributed by atoms with Crippen LogP contribution in [0.25, 0.3) is 0 Å². The van der Waals surface area contributed by atoms with Crippen molar-refractivity contribution < 1.29 is 14.2 Å². The highest BCUT2D eigenvalue weighted by Crippen LogP contribution is 2.40. The fourth-order valence-corrected chi connectivity index (χ4v) is 6.48. The Morgan fingerprint density at radius 2 is 1.35 bits per heavy atom. The van der Waals surface area contributed by atoms with Gasteiger partial charge in [-0.3, -0.25) is 4.90 Å². The van der Waals surface area contributed by atoms with E-state index in [9.17, 15) is 0 Å². The van der Waals surface area contributed by atoms with Crippen LogP contribution in [-0.4, -0.2) is 63.9 Å². The Morgan fingerprint density at radius 1 is 0.700 bits per heavy atom. The molecule has 0 atom stereocenters. The lowest BCUT2D eigenvalue weighted by atomic mass is 9.84. The summed E-state index contributed by atoms with van der Waals surface area (Å²) >= 11 is 2.01. The summed E-state index contributed by atoms with van der Waals surface area (Å²) in [6.07, 6.45) is 5.93. The smallest absolute Gasteiger partial charge is 0.203 e. The van der Waals surface area contributed by atoms with Crippen LogP contribution in [0, 0.1) is 12.3 Å². The predicted octanol–water partition coefficient (Wildman–Crippen LogP) is 7.03. The first-order chi connectivity index (χ1) is 19.3. The summed E-state index contributed by atoms with van der Waals surface area (Å²) in [7, 11) is 5.02. The molecule has 0 N–H and O–H groups in total. The molecule has 0 unspecified atom stereocenters. The average Bonchev–Trinajstić information content (AvgIpc) is 3.43. The number of nitrogens with zero attached hydrogens (tertiary/aromatic N) is 2. The molecule has 2 heterocycles. The molecule has 1 aromatic heterocycles. The second-order valence-corrected chi connectivity index (χ2v) is 13.1. The first-order valence-electron chi connectivity index (χ1n) is 14.7. The molecule has 1 aliphatic heterocycles. The van der Waals surface area contributed by atoms with Crippen LogP contribution < -0.4 is 14.2 Å². The van der Waals surface area contributed by atoms with Crippen molar-refractivity contribution in [2.45, 2.75) is 59.4 Å². The number of piperazine rings is 1. The van der Waals surface area contributed by atoms with E-state index in [1.807, 2.05) is 17.4 Å². The van der Waals surface area contributed by atoms with Crippen LogP contribution in [0.4, 0.5) is 0 Å². The minimum atomic E-state index is 0.343. The SMILES string of the molecule is COc1ccc(CN2CCN(CCC(C)(C)CCc3ccc(CCc4ccc(C)cc4)s3)CC2)c(OC)c1OC. The van der Waals surface area contributed by atoms with Crippen LogP contribution >= 0.6 is 11.3 Å². The van der Waals surface area contributed by atoms with Crippen molar-refractivity contribution in [2.24, 2.45) is 5.41 Å². The van der Waals surface area contributed by atoms with Gasteiger partial charge in [-0.1, -0.05) is 49.7 Å². The second-order valence-electron chi connectivity index (χ2n) is 11.9. The van der Waals surface area contributed by atoms with Crippen LogP contribution in [0.15, 0.2) is 48.5 Å². The molecule has 6 heteroatoms. The highest BCUT2D eigenvalue weighted by Gasteiger charge is 2.24. The Balaban J connectivity index is 1.18. The van der Waals surface area contributed by atoms with E-state index in [4.69, 9.17) is 14.2 Å². The van der Waals surface area contributed by atoms with Crippen molar-refractivity contribution in [1.29, 1.82) is 0 Å². The molecule has 0 aliphatic carbocycles. The van der Waals surface area contributed by atoms with Crippen molar-refractivity contribution in [2.75, 3.05) is 54.1 Å². The monoisotopic (exact) mass is 564 g/mol. The highest BCUT2D eigenvalue weighted by molar-refractivity contribution is 7.11. The van der Waals surface area contributed by atoms with Crippen LogP contribution in [0.5, 0.6) is 17.2 Å². The molecule has 4 rings (SSSR count). The minimum Gasteiger partial charge on any atom is -0.493 e. The predicted molar refractivity (Wildman–Crippen MR) is 167 cm³/mol. The molecule has 0 radical (unpaired) electrons. The van der Waals surface area contributed by atoms with Crippen molar-refractivity contribution in [3.05, 3.63) is 75.0 Å². The lowest BCUT2D eigenvalue weighted by molar-refractivity contribution is 0.112. The van der Waals surface area contributed by atoms with Gasteiger partial charge in [-0.15, -0.1) is 11.3 Å². The van der Waals surface area contributed by atoms with Gasteiger partial charge in [0.25, 0.3) is 0 Å². The molecule has 0 saturated carbocycles. The molecule has 1 saturated heterocycles. The third-order valence-electron chi connectivity index (χ3n) is 8.30. The van der Waals surface area contributed by atoms with Gasteiger partial charge in [0.1, 0.15) is 0 Å². The number of benzene rings is 2. The van der Waals surface area contributed by atoms with Crippen molar-refractivity contribution in [1.82, 2.24) is 9.80 Å². The van der Waals surface area contributed by atoms with Crippen LogP contribution in [0.3, 0.4) is 0 Å². The summed E-state index contributed by atoms with van der Waals surface area (Å²) in [6, 6.07) is 17.7. The number of hydrogen-bond donors (Lipinski definition) is 0. The lowest BCUT2D eigenvalue weighted by Gasteiger charge is -2.36. The summed E-state index contributed by atoms with van der Waals surface area (Å²) in [5.74, 6) is 2.15. The Bertz CT molecular complexity index is 1200. The third kappa shape index (κ3) is 8.48. The summed E-state index contributed by atoms with van der Waals surface area (Å²) in [5.41, 5.74) is 4.25. The van der Waals surface area contributed by atoms with Crippen molar-refractivity contribution in [3.8, 4) is 17.2 Å². The topological polar surface area (TPSA) is 34.2 Å². The maximum atomic E-state index is 5.70. The Kier molecular flexibility index (Phi) is 10.9. The number of hydrogen-bond acceptors (Lipinski definition) is 6. The number of methoxy groups -OCH3 is 3. The van der Waals surface area contributed by atoms with Crippen LogP contribution in [0.1, 0.15) is 53.1 Å². The van der Waals surface area contributed by atoms with Gasteiger partial charge in [0, 0.05) is 48.0 Å². The Hall–Kier alpha value is -2.54. The van der Waals surface area contributed by atoms with Gasteiger partial charge in [0.2, 0.25) is 5.75 Å². The minimum absolute atomic E-state index is 0.343. The van der Waals surface area contributed by atoms with Gasteiger partial charge in [0.05, 0.1) is 21.3 Å². The maximum Gasteiger partial charge on any atom is 0.203 e. The second kappa shape index (κ2) is 14.4. The number of aryl methyl sites for hydroxylation is 4. The zero-order valence-corrected chi connectivity index (χ0v) is 26.2. The molecule has 1 fully saturated rings. The maximum absolute atomic E-state index is 5.70. The molecule has 0 bridgehead atoms. The highest BCUT2D eigenvalue weighted by atomic mass is 32.1. The average molecular weight is 565 g/mol. The summed E-state index contributed by atoms with van der Waals surface area (Å²) in [6.45, 7) is 13.4. The normalized spacial score (nSPS) is 14.8. The summed E-state index contributed by atoms with van der Waals surface area (Å²) in [4.78, 5) is 8.19. The van der Waals surface area contributed by atoms with Gasteiger partial charge in [-0.25, -0.2) is 0 Å². The van der Waals surface area contributed by atoms with Gasteiger partial charge in [0.15, 0.2) is 11.5 Å².